The van der Waals surface area contributed by atoms with Gasteiger partial charge in [-0.25, -0.2) is 34.9 Å². The first-order valence-corrected chi connectivity index (χ1v) is 14.0. The molecule has 4 aliphatic rings. The molecule has 8 bridgehead atoms. The number of nitrogens with one attached hydrogen (secondary N) is 1. The van der Waals surface area contributed by atoms with Crippen molar-refractivity contribution < 1.29 is 9.85 Å². The van der Waals surface area contributed by atoms with Gasteiger partial charge in [0.25, 0.3) is 11.4 Å². The maximum atomic E-state index is 11.7. The number of nitrogens with zero attached hydrogens (tertiary/aromatic N) is 9. The number of rotatable bonds is 2. The highest BCUT2D eigenvalue weighted by atomic mass is 16.6. The highest BCUT2D eigenvalue weighted by Crippen LogP contribution is 2.35. The average molecular weight is 605 g/mol. The van der Waals surface area contributed by atoms with Crippen LogP contribution in [0.15, 0.2) is 120 Å². The van der Waals surface area contributed by atoms with E-state index in [1.807, 2.05) is 48.5 Å². The first-order valence-electron chi connectivity index (χ1n) is 14.0. The molecule has 46 heavy (non-hydrogen) atoms. The third-order valence-corrected chi connectivity index (χ3v) is 8.11. The number of hydrogen-bond donors (Lipinski definition) is 1. The second kappa shape index (κ2) is 9.33. The van der Waals surface area contributed by atoms with Crippen LogP contribution in [0.5, 0.6) is 0 Å². The molecular weight excluding hydrogens is 588 g/mol. The molecule has 218 valence electrons. The van der Waals surface area contributed by atoms with Crippen LogP contribution in [-0.2, 0) is 0 Å². The number of nitro benzene ring substituents is 2. The van der Waals surface area contributed by atoms with Gasteiger partial charge in [-0.05, 0) is 12.1 Å². The molecule has 5 heterocycles. The van der Waals surface area contributed by atoms with Crippen LogP contribution in [0.1, 0.15) is 39.5 Å². The van der Waals surface area contributed by atoms with Gasteiger partial charge in [-0.2, -0.15) is 0 Å². The molecule has 14 nitrogen and oxygen atoms in total. The van der Waals surface area contributed by atoms with Crippen LogP contribution >= 0.6 is 0 Å². The lowest BCUT2D eigenvalue weighted by atomic mass is 10.1. The Morgan fingerprint density at radius 2 is 1.00 bits per heavy atom. The fraction of sp³-hybridized carbons (Fsp3) is 0.0312. The first kappa shape index (κ1) is 25.6. The lowest BCUT2D eigenvalue weighted by molar-refractivity contribution is -0.385. The molecule has 14 heteroatoms. The van der Waals surface area contributed by atoms with Gasteiger partial charge >= 0.3 is 0 Å². The summed E-state index contributed by atoms with van der Waals surface area (Å²) in [5.41, 5.74) is 4.22. The zero-order valence-corrected chi connectivity index (χ0v) is 23.3. The van der Waals surface area contributed by atoms with E-state index in [1.165, 1.54) is 24.3 Å². The number of H-pyrrole nitrogens is 1. The summed E-state index contributed by atoms with van der Waals surface area (Å²) in [7, 11) is 0. The maximum absolute atomic E-state index is 11.7. The lowest BCUT2D eigenvalue weighted by Gasteiger charge is -2.05. The van der Waals surface area contributed by atoms with E-state index in [0.717, 1.165) is 21.9 Å². The fourth-order valence-corrected chi connectivity index (χ4v) is 5.96. The van der Waals surface area contributed by atoms with Crippen molar-refractivity contribution in [2.45, 2.75) is 6.17 Å². The quantitative estimate of drug-likeness (QED) is 0.235. The molecule has 0 aliphatic carbocycles. The minimum atomic E-state index is -0.735. The van der Waals surface area contributed by atoms with E-state index in [9.17, 15) is 20.2 Å². The highest BCUT2D eigenvalue weighted by Gasteiger charge is 2.31. The van der Waals surface area contributed by atoms with Crippen molar-refractivity contribution >= 4 is 51.3 Å². The summed E-state index contributed by atoms with van der Waals surface area (Å²) in [6.07, 6.45) is -0.735. The van der Waals surface area contributed by atoms with Crippen molar-refractivity contribution in [1.29, 1.82) is 0 Å². The molecule has 1 unspecified atom stereocenters. The number of non-ortho nitro benzene ring substituents is 2. The summed E-state index contributed by atoms with van der Waals surface area (Å²) in [6.45, 7) is 0. The molecule has 0 fully saturated rings. The Balaban J connectivity index is 1.38. The van der Waals surface area contributed by atoms with Crippen molar-refractivity contribution in [2.24, 2.45) is 34.9 Å². The summed E-state index contributed by atoms with van der Waals surface area (Å²) >= 11 is 0. The Hall–Kier alpha value is -6.83. The van der Waals surface area contributed by atoms with Crippen LogP contribution < -0.4 is 11.0 Å². The van der Waals surface area contributed by atoms with Crippen LogP contribution in [0.2, 0.25) is 0 Å². The van der Waals surface area contributed by atoms with Gasteiger partial charge in [-0.15, -0.1) is 0 Å². The molecule has 1 aromatic heterocycles. The predicted molar refractivity (Wildman–Crippen MR) is 169 cm³/mol. The molecule has 1 N–H and O–H groups in total. The number of aliphatic imine (C=N–C) groups is 5. The SMILES string of the molecule is O=[N+]([O-])c1ccc2c(c1)C1=NC3=NC(/N=C4\N=C(N=c5[nH]c(c6ccccc56)=NC2=N1)c1cc([N+](=O)[O-])ccc14)c1ccccc13. The molecule has 0 saturated carbocycles. The average Bonchev–Trinajstić information content (AvgIpc) is 3.79. The van der Waals surface area contributed by atoms with Crippen LogP contribution in [0.25, 0.3) is 10.8 Å². The Kier molecular flexibility index (Phi) is 5.20. The molecule has 5 aromatic rings. The number of hydrogen-bond acceptors (Lipinski definition) is 11. The normalized spacial score (nSPS) is 18.1. The zero-order valence-electron chi connectivity index (χ0n) is 23.3. The molecule has 4 aliphatic heterocycles. The second-order valence-electron chi connectivity index (χ2n) is 10.7. The first-order chi connectivity index (χ1) is 22.4. The number of aromatic amines is 1. The van der Waals surface area contributed by atoms with Gasteiger partial charge in [0.2, 0.25) is 0 Å². The summed E-state index contributed by atoms with van der Waals surface area (Å²) in [4.78, 5) is 59.5. The number of nitro groups is 2. The smallest absolute Gasteiger partial charge is 0.270 e. The van der Waals surface area contributed by atoms with Crippen LogP contribution in [0, 0.1) is 20.2 Å². The van der Waals surface area contributed by atoms with Crippen molar-refractivity contribution in [2.75, 3.05) is 0 Å². The van der Waals surface area contributed by atoms with Gasteiger partial charge < -0.3 is 4.98 Å². The summed E-state index contributed by atoms with van der Waals surface area (Å²) in [6, 6.07) is 23.9. The Morgan fingerprint density at radius 1 is 0.522 bits per heavy atom. The monoisotopic (exact) mass is 604 g/mol. The fourth-order valence-electron chi connectivity index (χ4n) is 5.96. The van der Waals surface area contributed by atoms with Gasteiger partial charge in [-0.1, -0.05) is 48.5 Å². The van der Waals surface area contributed by atoms with E-state index in [2.05, 4.69) is 4.98 Å². The Morgan fingerprint density at radius 3 is 1.61 bits per heavy atom. The molecule has 9 rings (SSSR count). The molecule has 4 aromatic carbocycles. The van der Waals surface area contributed by atoms with E-state index in [0.29, 0.717) is 50.7 Å². The Bertz CT molecular complexity index is 2560. The van der Waals surface area contributed by atoms with E-state index in [-0.39, 0.29) is 23.0 Å². The predicted octanol–water partition coefficient (Wildman–Crippen LogP) is 4.11. The van der Waals surface area contributed by atoms with Crippen LogP contribution in [-0.4, -0.2) is 44.0 Å². The van der Waals surface area contributed by atoms with E-state index < -0.39 is 16.0 Å². The molecule has 0 spiro atoms. The molecule has 0 amide bonds. The molecule has 0 saturated heterocycles. The molecule has 0 radical (unpaired) electrons. The van der Waals surface area contributed by atoms with Crippen molar-refractivity contribution in [3.05, 3.63) is 150 Å². The topological polar surface area (TPSA) is 189 Å². The number of fused-ring (bicyclic) bond motifs is 17. The summed E-state index contributed by atoms with van der Waals surface area (Å²) in [5, 5.41) is 24.9. The number of amidine groups is 5. The number of benzene rings is 4. The van der Waals surface area contributed by atoms with Crippen molar-refractivity contribution in [3.8, 4) is 0 Å². The van der Waals surface area contributed by atoms with E-state index in [1.54, 1.807) is 12.1 Å². The highest BCUT2D eigenvalue weighted by molar-refractivity contribution is 6.26. The van der Waals surface area contributed by atoms with Gasteiger partial charge in [0, 0.05) is 68.4 Å². The van der Waals surface area contributed by atoms with E-state index in [4.69, 9.17) is 34.9 Å². The van der Waals surface area contributed by atoms with Gasteiger partial charge in [0.1, 0.15) is 11.0 Å². The van der Waals surface area contributed by atoms with Gasteiger partial charge in [0.15, 0.2) is 35.3 Å². The standard InChI is InChI=1S/C32H16N10O4/c43-41(44)15-9-11-21-23(13-15)32-38-28-20-8-4-2-6-18(20)26(34-28)36-30-22-12-10-16(42(45)46)14-24(22)31(40-30)37-27-19-7-3-1-5-17(19)25(33-27)35-29(21)39-32/h1-14,25H,(H,33,34,35,36,37,38,39,40). The third-order valence-electron chi connectivity index (χ3n) is 8.11. The maximum Gasteiger partial charge on any atom is 0.270 e. The minimum absolute atomic E-state index is 0.101. The zero-order chi connectivity index (χ0) is 31.1. The van der Waals surface area contributed by atoms with Crippen molar-refractivity contribution in [3.63, 3.8) is 0 Å². The number of aromatic nitrogens is 1. The second-order valence-corrected chi connectivity index (χ2v) is 10.7. The summed E-state index contributed by atoms with van der Waals surface area (Å²) in [5.74, 6) is 1.44. The van der Waals surface area contributed by atoms with Crippen LogP contribution in [0.3, 0.4) is 0 Å². The van der Waals surface area contributed by atoms with E-state index >= 15 is 0 Å². The molecular formula is C32H16N10O4. The third kappa shape index (κ3) is 3.80. The Labute approximate surface area is 256 Å². The lowest BCUT2D eigenvalue weighted by Crippen LogP contribution is -2.15. The largest absolute Gasteiger partial charge is 0.324 e. The van der Waals surface area contributed by atoms with Crippen LogP contribution in [0.4, 0.5) is 11.4 Å². The molecule has 1 atom stereocenters. The van der Waals surface area contributed by atoms with Gasteiger partial charge in [-0.3, -0.25) is 20.2 Å². The minimum Gasteiger partial charge on any atom is -0.324 e. The van der Waals surface area contributed by atoms with Crippen molar-refractivity contribution in [1.82, 2.24) is 4.98 Å². The van der Waals surface area contributed by atoms with Gasteiger partial charge in [0.05, 0.1) is 9.85 Å². The summed E-state index contributed by atoms with van der Waals surface area (Å²) < 4.78 is 0.